The van der Waals surface area contributed by atoms with E-state index in [0.717, 1.165) is 0 Å². The van der Waals surface area contributed by atoms with Crippen LogP contribution in [0.2, 0.25) is 0 Å². The number of ether oxygens (including phenoxy) is 7. The molecular weight excluding hydrogens is 268 g/mol. The average Bonchev–Trinajstić information content (AvgIpc) is 2.50. The number of hydrogen-bond donors (Lipinski definition) is 0. The molecule has 0 aromatic rings. The highest BCUT2D eigenvalue weighted by molar-refractivity contribution is 4.95. The summed E-state index contributed by atoms with van der Waals surface area (Å²) in [7, 11) is 9.57. The standard InChI is InChI=1S/C13H26O7/c1-14-7-8(15-2)9-10(16-3)11(17-4)12(18-5)13(19-6)20-9/h8-13H,7H2,1-6H3/t8-,9-,10-,11+,12-,13?/m1/s1. The third kappa shape index (κ3) is 3.67. The summed E-state index contributed by atoms with van der Waals surface area (Å²) in [6.45, 7) is 0.381. The number of hydrogen-bond acceptors (Lipinski definition) is 7. The first kappa shape index (κ1) is 17.8. The van der Waals surface area contributed by atoms with E-state index < -0.39 is 6.29 Å². The molecule has 0 N–H and O–H groups in total. The molecule has 0 amide bonds. The average molecular weight is 294 g/mol. The molecule has 0 aliphatic carbocycles. The van der Waals surface area contributed by atoms with Gasteiger partial charge in [0.05, 0.1) is 6.61 Å². The van der Waals surface area contributed by atoms with Crippen LogP contribution in [0.15, 0.2) is 0 Å². The Bertz CT molecular complexity index is 261. The highest BCUT2D eigenvalue weighted by atomic mass is 16.7. The molecule has 1 unspecified atom stereocenters. The summed E-state index contributed by atoms with van der Waals surface area (Å²) >= 11 is 0. The molecule has 0 saturated carbocycles. The molecule has 0 spiro atoms. The van der Waals surface area contributed by atoms with Gasteiger partial charge in [-0.25, -0.2) is 0 Å². The Labute approximate surface area is 120 Å². The van der Waals surface area contributed by atoms with Crippen LogP contribution in [0.3, 0.4) is 0 Å². The highest BCUT2D eigenvalue weighted by Crippen LogP contribution is 2.29. The van der Waals surface area contributed by atoms with E-state index in [1.807, 2.05) is 0 Å². The maximum atomic E-state index is 5.92. The van der Waals surface area contributed by atoms with Gasteiger partial charge in [-0.2, -0.15) is 0 Å². The van der Waals surface area contributed by atoms with Gasteiger partial charge in [-0.3, -0.25) is 0 Å². The van der Waals surface area contributed by atoms with Crippen LogP contribution in [0.5, 0.6) is 0 Å². The van der Waals surface area contributed by atoms with E-state index in [4.69, 9.17) is 33.2 Å². The number of rotatable bonds is 8. The zero-order valence-electron chi connectivity index (χ0n) is 13.0. The van der Waals surface area contributed by atoms with Gasteiger partial charge < -0.3 is 33.2 Å². The second-order valence-electron chi connectivity index (χ2n) is 4.54. The van der Waals surface area contributed by atoms with E-state index >= 15 is 0 Å². The van der Waals surface area contributed by atoms with Gasteiger partial charge in [-0.1, -0.05) is 0 Å². The van der Waals surface area contributed by atoms with Crippen molar-refractivity contribution in [2.45, 2.75) is 36.8 Å². The summed E-state index contributed by atoms with van der Waals surface area (Å²) in [5, 5.41) is 0. The Balaban J connectivity index is 2.97. The van der Waals surface area contributed by atoms with E-state index in [2.05, 4.69) is 0 Å². The molecule has 0 bridgehead atoms. The predicted octanol–water partition coefficient (Wildman–Crippen LogP) is 0.0641. The number of methoxy groups -OCH3 is 6. The van der Waals surface area contributed by atoms with Crippen molar-refractivity contribution < 1.29 is 33.2 Å². The molecule has 0 aromatic heterocycles. The molecule has 7 heteroatoms. The normalized spacial score (nSPS) is 36.0. The van der Waals surface area contributed by atoms with E-state index in [0.29, 0.717) is 6.61 Å². The lowest BCUT2D eigenvalue weighted by molar-refractivity contribution is -0.318. The first-order valence-corrected chi connectivity index (χ1v) is 6.46. The van der Waals surface area contributed by atoms with Crippen LogP contribution in [-0.2, 0) is 33.2 Å². The zero-order chi connectivity index (χ0) is 15.1. The summed E-state index contributed by atoms with van der Waals surface area (Å²) in [5.74, 6) is 0. The highest BCUT2D eigenvalue weighted by Gasteiger charge is 2.50. The van der Waals surface area contributed by atoms with Crippen LogP contribution in [-0.4, -0.2) is 86.1 Å². The van der Waals surface area contributed by atoms with Gasteiger partial charge in [-0.05, 0) is 0 Å². The van der Waals surface area contributed by atoms with Crippen molar-refractivity contribution in [2.24, 2.45) is 0 Å². The lowest BCUT2D eigenvalue weighted by Crippen LogP contribution is -2.63. The lowest BCUT2D eigenvalue weighted by atomic mass is 9.94. The predicted molar refractivity (Wildman–Crippen MR) is 70.7 cm³/mol. The topological polar surface area (TPSA) is 64.6 Å². The molecule has 1 aliphatic rings. The van der Waals surface area contributed by atoms with Crippen molar-refractivity contribution in [1.29, 1.82) is 0 Å². The van der Waals surface area contributed by atoms with E-state index in [1.165, 1.54) is 0 Å². The smallest absolute Gasteiger partial charge is 0.186 e. The summed E-state index contributed by atoms with van der Waals surface area (Å²) in [4.78, 5) is 0. The Kier molecular flexibility index (Phi) is 7.90. The van der Waals surface area contributed by atoms with Gasteiger partial charge in [0.2, 0.25) is 0 Å². The second kappa shape index (κ2) is 8.89. The van der Waals surface area contributed by atoms with Crippen LogP contribution in [0.25, 0.3) is 0 Å². The summed E-state index contributed by atoms with van der Waals surface area (Å²) in [6.07, 6.45) is -2.30. The maximum Gasteiger partial charge on any atom is 0.186 e. The first-order valence-electron chi connectivity index (χ1n) is 6.46. The fourth-order valence-electron chi connectivity index (χ4n) is 2.57. The van der Waals surface area contributed by atoms with Crippen LogP contribution < -0.4 is 0 Å². The van der Waals surface area contributed by atoms with Crippen LogP contribution in [0.1, 0.15) is 0 Å². The molecular formula is C13H26O7. The van der Waals surface area contributed by atoms with Gasteiger partial charge in [0, 0.05) is 42.7 Å². The van der Waals surface area contributed by atoms with E-state index in [-0.39, 0.29) is 30.5 Å². The van der Waals surface area contributed by atoms with Crippen molar-refractivity contribution in [1.82, 2.24) is 0 Å². The minimum absolute atomic E-state index is 0.293. The molecule has 6 atom stereocenters. The summed E-state index contributed by atoms with van der Waals surface area (Å²) in [5.41, 5.74) is 0. The largest absolute Gasteiger partial charge is 0.382 e. The molecule has 0 radical (unpaired) electrons. The molecule has 1 aliphatic heterocycles. The van der Waals surface area contributed by atoms with Gasteiger partial charge in [0.1, 0.15) is 30.5 Å². The molecule has 1 rings (SSSR count). The quantitative estimate of drug-likeness (QED) is 0.627. The molecule has 120 valence electrons. The van der Waals surface area contributed by atoms with E-state index in [9.17, 15) is 0 Å². The minimum Gasteiger partial charge on any atom is -0.382 e. The van der Waals surface area contributed by atoms with Crippen LogP contribution in [0.4, 0.5) is 0 Å². The fraction of sp³-hybridized carbons (Fsp3) is 1.00. The van der Waals surface area contributed by atoms with Crippen molar-refractivity contribution in [2.75, 3.05) is 49.3 Å². The van der Waals surface area contributed by atoms with E-state index in [1.54, 1.807) is 42.7 Å². The van der Waals surface area contributed by atoms with Crippen molar-refractivity contribution in [3.8, 4) is 0 Å². The summed E-state index contributed by atoms with van der Waals surface area (Å²) < 4.78 is 38.4. The third-order valence-corrected chi connectivity index (χ3v) is 3.58. The molecule has 0 aromatic carbocycles. The second-order valence-corrected chi connectivity index (χ2v) is 4.54. The van der Waals surface area contributed by atoms with Crippen molar-refractivity contribution >= 4 is 0 Å². The minimum atomic E-state index is -0.559. The van der Waals surface area contributed by atoms with Gasteiger partial charge in [0.15, 0.2) is 6.29 Å². The molecule has 1 saturated heterocycles. The Morgan fingerprint density at radius 2 is 1.40 bits per heavy atom. The van der Waals surface area contributed by atoms with Crippen LogP contribution >= 0.6 is 0 Å². The van der Waals surface area contributed by atoms with Gasteiger partial charge >= 0.3 is 0 Å². The third-order valence-electron chi connectivity index (χ3n) is 3.58. The van der Waals surface area contributed by atoms with Crippen molar-refractivity contribution in [3.05, 3.63) is 0 Å². The lowest BCUT2D eigenvalue weighted by Gasteiger charge is -2.46. The Morgan fingerprint density at radius 1 is 0.800 bits per heavy atom. The van der Waals surface area contributed by atoms with Crippen LogP contribution in [0, 0.1) is 0 Å². The molecule has 1 heterocycles. The molecule has 7 nitrogen and oxygen atoms in total. The Hall–Kier alpha value is -0.280. The monoisotopic (exact) mass is 294 g/mol. The zero-order valence-corrected chi connectivity index (χ0v) is 13.0. The van der Waals surface area contributed by atoms with Gasteiger partial charge in [-0.15, -0.1) is 0 Å². The Morgan fingerprint density at radius 3 is 1.80 bits per heavy atom. The summed E-state index contributed by atoms with van der Waals surface area (Å²) in [6, 6.07) is 0. The fourth-order valence-corrected chi connectivity index (χ4v) is 2.57. The first-order chi connectivity index (χ1) is 9.68. The van der Waals surface area contributed by atoms with Gasteiger partial charge in [0.25, 0.3) is 0 Å². The molecule has 20 heavy (non-hydrogen) atoms. The van der Waals surface area contributed by atoms with Crippen molar-refractivity contribution in [3.63, 3.8) is 0 Å². The maximum absolute atomic E-state index is 5.92. The molecule has 1 fully saturated rings. The SMILES string of the molecule is COC[C@@H](OC)[C@H]1OC(OC)[C@H](OC)[C@@H](OC)[C@@H]1OC.